The van der Waals surface area contributed by atoms with E-state index in [1.54, 1.807) is 18.5 Å². The van der Waals surface area contributed by atoms with Crippen molar-refractivity contribution in [1.82, 2.24) is 0 Å². The highest BCUT2D eigenvalue weighted by Gasteiger charge is 2.31. The average Bonchev–Trinajstić information content (AvgIpc) is 3.33. The molecule has 0 rings (SSSR count). The van der Waals surface area contributed by atoms with Crippen LogP contribution in [0.15, 0.2) is 0 Å². The molecule has 0 spiro atoms. The quantitative estimate of drug-likeness (QED) is 0.0413. The molecule has 5 N–H and O–H groups in total. The first-order valence-electron chi connectivity index (χ1n) is 34.2. The molecule has 5 nitrogen and oxygen atoms in total. The summed E-state index contributed by atoms with van der Waals surface area (Å²) in [6.07, 6.45) is 38.8. The van der Waals surface area contributed by atoms with Crippen molar-refractivity contribution in [2.45, 2.75) is 160 Å². The summed E-state index contributed by atoms with van der Waals surface area (Å²) in [7, 11) is -5.58. The first-order valence-corrected chi connectivity index (χ1v) is 65.6. The molecule has 84 heavy (non-hydrogen) atoms. The summed E-state index contributed by atoms with van der Waals surface area (Å²) in [5.74, 6) is 0. The van der Waals surface area contributed by atoms with Gasteiger partial charge in [-0.05, 0) is 79.1 Å². The van der Waals surface area contributed by atoms with Crippen molar-refractivity contribution in [3.63, 3.8) is 0 Å². The van der Waals surface area contributed by atoms with Gasteiger partial charge in [-0.25, -0.2) is 0 Å². The highest BCUT2D eigenvalue weighted by Crippen LogP contribution is 2.58. The van der Waals surface area contributed by atoms with E-state index in [2.05, 4.69) is 236 Å². The van der Waals surface area contributed by atoms with Gasteiger partial charge in [0.2, 0.25) is 0 Å². The van der Waals surface area contributed by atoms with Crippen molar-refractivity contribution >= 4 is 72.6 Å². The number of aliphatic hydroxyl groups excluding tert-OH is 5. The first kappa shape index (κ1) is 110. The summed E-state index contributed by atoms with van der Waals surface area (Å²) < 4.78 is 0. The zero-order chi connectivity index (χ0) is 69.0. The van der Waals surface area contributed by atoms with E-state index in [-0.39, 0.29) is 47.6 Å². The minimum atomic E-state index is -1.22. The predicted molar refractivity (Wildman–Crippen MR) is 447 cm³/mol. The van der Waals surface area contributed by atoms with Gasteiger partial charge in [-0.15, -0.1) is 0 Å². The Balaban J connectivity index is -0.0000000919. The second-order valence-corrected chi connectivity index (χ2v) is 81.0. The van der Waals surface area contributed by atoms with Crippen LogP contribution in [0.3, 0.4) is 0 Å². The van der Waals surface area contributed by atoms with E-state index in [1.165, 1.54) is 133 Å². The zero-order valence-corrected chi connectivity index (χ0v) is 74.7. The largest absolute Gasteiger partial charge is 0.393 e. The van der Waals surface area contributed by atoms with Crippen molar-refractivity contribution in [1.29, 1.82) is 0 Å². The Hall–Kier alpha value is 4.10. The van der Waals surface area contributed by atoms with Gasteiger partial charge in [0.1, 0.15) is 0 Å². The molecule has 0 bridgehead atoms. The summed E-state index contributed by atoms with van der Waals surface area (Å²) in [6.45, 7) is 82.6. The molecule has 0 amide bonds. The van der Waals surface area contributed by atoms with Crippen LogP contribution in [0, 0.1) is 0 Å². The van der Waals surface area contributed by atoms with E-state index in [4.69, 9.17) is 25.5 Å². The van der Waals surface area contributed by atoms with Crippen molar-refractivity contribution in [3.8, 4) is 0 Å². The van der Waals surface area contributed by atoms with Crippen molar-refractivity contribution in [3.05, 3.63) is 0 Å². The second kappa shape index (κ2) is 67.1. The lowest BCUT2D eigenvalue weighted by Crippen LogP contribution is -2.13. The average molecular weight is 1400 g/mol. The van der Waals surface area contributed by atoms with Gasteiger partial charge in [0.25, 0.3) is 0 Å². The van der Waals surface area contributed by atoms with Gasteiger partial charge in [-0.1, -0.05) is 81.1 Å². The molecule has 0 saturated heterocycles. The molecule has 0 aromatic rings. The van der Waals surface area contributed by atoms with E-state index in [1.807, 2.05) is 0 Å². The second-order valence-electron chi connectivity index (χ2n) is 31.4. The molecule has 0 aliphatic heterocycles. The number of hydrogen-bond acceptors (Lipinski definition) is 5. The van der Waals surface area contributed by atoms with Crippen molar-refractivity contribution in [2.24, 2.45) is 0 Å². The molecule has 0 heterocycles. The first-order chi connectivity index (χ1) is 38.0. The molecule has 0 fully saturated rings. The summed E-state index contributed by atoms with van der Waals surface area (Å²) in [6, 6.07) is 0. The Morgan fingerprint density at radius 3 is 0.500 bits per heavy atom. The zero-order valence-electron chi connectivity index (χ0n) is 65.7. The fraction of sp³-hybridized carbons (Fsp3) is 1.00. The Bertz CT molecular complexity index is 1120. The Morgan fingerprint density at radius 1 is 0.190 bits per heavy atom. The fourth-order valence-corrected chi connectivity index (χ4v) is 22.8. The van der Waals surface area contributed by atoms with Crippen LogP contribution >= 0.6 is 72.6 Å². The van der Waals surface area contributed by atoms with Gasteiger partial charge in [0, 0.05) is 226 Å². The summed E-state index contributed by atoms with van der Waals surface area (Å²) in [5, 5.41) is 43.3. The molecule has 0 radical (unpaired) electrons. The predicted octanol–water partition coefficient (Wildman–Crippen LogP) is 21.4. The maximum Gasteiger partial charge on any atom is 0.0824 e. The van der Waals surface area contributed by atoms with E-state index < -0.39 is 58.1 Å². The lowest BCUT2D eigenvalue weighted by Gasteiger charge is -2.22. The lowest BCUT2D eigenvalue weighted by molar-refractivity contribution is 0.308. The third-order valence-electron chi connectivity index (χ3n) is 14.1. The van der Waals surface area contributed by atoms with Crippen molar-refractivity contribution in [2.75, 3.05) is 291 Å². The van der Waals surface area contributed by atoms with Crippen LogP contribution in [0.5, 0.6) is 0 Å². The molecule has 0 saturated carbocycles. The highest BCUT2D eigenvalue weighted by atomic mass is 31.2. The van der Waals surface area contributed by atoms with Gasteiger partial charge in [0.15, 0.2) is 0 Å². The van der Waals surface area contributed by atoms with Crippen LogP contribution in [0.1, 0.15) is 160 Å². The van der Waals surface area contributed by atoms with Crippen LogP contribution in [-0.4, -0.2) is 317 Å². The van der Waals surface area contributed by atoms with Crippen LogP contribution in [0.2, 0.25) is 0 Å². The minimum absolute atomic E-state index is 0.171. The van der Waals surface area contributed by atoms with Crippen LogP contribution in [0.4, 0.5) is 0 Å². The number of aliphatic hydroxyl groups is 5. The third-order valence-corrected chi connectivity index (χ3v) is 39.4. The lowest BCUT2D eigenvalue weighted by atomic mass is 10.4. The molecule has 15 heteroatoms. The van der Waals surface area contributed by atoms with E-state index >= 15 is 0 Å². The number of hydrogen-bond donors (Lipinski definition) is 5. The van der Waals surface area contributed by atoms with Crippen LogP contribution in [0.25, 0.3) is 0 Å². The molecule has 0 aromatic carbocycles. The normalized spacial score (nSPS) is 12.0. The third kappa shape index (κ3) is 120. The maximum absolute atomic E-state index is 8.72. The standard InChI is InChI=1S/C13H30P.C10H24P.C7H18O3P.2C7H18P.C6H16O2P.C6H16P.C5H14P.2C4H12P/c1-5-8-11-14(4,12-9-6-2)13-10-7-3;1-5-8-11(4,9-6-2)10-7-3;1-11(5-2-8,6-3-9)7-4-10;1-5-6-7-8(2,3)4;1-5-8(4,6-2)7-3;1-9(2,5-3-7)6-4-8;1-5-6-7(2,3)4;1-5-6(2,3)4;2*1-5(2,3)4/h5-13H2,1-4H3;5-10H2,1-4H3;8-10H,2-7H2,1H3;2*5-7H2,1-4H3;7-8H,3-6H2,1-2H3;5-6H2,1-4H3;5H2,1-4H3;2*1-4H3/q10*+1. The van der Waals surface area contributed by atoms with Gasteiger partial charge in [-0.2, -0.15) is 0 Å². The molecule has 0 atom stereocenters. The SMILES string of the molecule is CCCC[P+](C)(C)C.CCCC[P+](C)(CCCC)CCCC.CCC[P+](C)(C)C.CCC[P+](C)(CCC)CCC.CC[P+](C)(C)C.CC[P+](C)(CC)CC.C[P+](C)(C)C.C[P+](C)(C)C.C[P+](C)(CCO)CCO.C[P+](CCO)(CCO)CCO. The van der Waals surface area contributed by atoms with Gasteiger partial charge < -0.3 is 25.5 Å². The number of unbranched alkanes of at least 4 members (excludes halogenated alkanes) is 4. The van der Waals surface area contributed by atoms with Crippen LogP contribution in [-0.2, 0) is 0 Å². The Kier molecular flexibility index (Phi) is 87.5. The maximum atomic E-state index is 8.72. The van der Waals surface area contributed by atoms with Crippen LogP contribution < -0.4 is 0 Å². The molecule has 524 valence electrons. The topological polar surface area (TPSA) is 101 Å². The fourth-order valence-electron chi connectivity index (χ4n) is 7.60. The molecule has 0 unspecified atom stereocenters. The smallest absolute Gasteiger partial charge is 0.0824 e. The van der Waals surface area contributed by atoms with E-state index in [0.717, 1.165) is 30.8 Å². The van der Waals surface area contributed by atoms with E-state index in [9.17, 15) is 0 Å². The molecular formula is C69H178O5P10+10. The van der Waals surface area contributed by atoms with Gasteiger partial charge in [-0.3, -0.25) is 0 Å². The Morgan fingerprint density at radius 2 is 0.381 bits per heavy atom. The van der Waals surface area contributed by atoms with Gasteiger partial charge >= 0.3 is 0 Å². The molecule has 0 aliphatic carbocycles. The molecule has 0 aliphatic rings. The van der Waals surface area contributed by atoms with E-state index in [0.29, 0.717) is 0 Å². The highest BCUT2D eigenvalue weighted by molar-refractivity contribution is 7.77. The summed E-state index contributed by atoms with van der Waals surface area (Å²) >= 11 is 0. The molecule has 0 aromatic heterocycles. The number of rotatable bonds is 34. The Labute approximate surface area is 545 Å². The molecular weight excluding hydrogens is 1220 g/mol. The monoisotopic (exact) mass is 1400 g/mol. The minimum Gasteiger partial charge on any atom is -0.393 e. The summed E-state index contributed by atoms with van der Waals surface area (Å²) in [5.41, 5.74) is 0. The van der Waals surface area contributed by atoms with Gasteiger partial charge in [0.05, 0.1) is 138 Å². The summed E-state index contributed by atoms with van der Waals surface area (Å²) in [4.78, 5) is 0. The van der Waals surface area contributed by atoms with Crippen molar-refractivity contribution < 1.29 is 25.5 Å².